The third-order valence-electron chi connectivity index (χ3n) is 6.41. The fourth-order valence-electron chi connectivity index (χ4n) is 4.61. The third-order valence-corrected chi connectivity index (χ3v) is 6.41. The number of carbonyl (C=O) groups excluding carboxylic acids is 2. The van der Waals surface area contributed by atoms with Crippen LogP contribution in [0.2, 0.25) is 0 Å². The fourth-order valence-corrected chi connectivity index (χ4v) is 4.61. The molecule has 2 aliphatic heterocycles. The summed E-state index contributed by atoms with van der Waals surface area (Å²) in [6, 6.07) is 17.1. The quantitative estimate of drug-likeness (QED) is 0.630. The maximum Gasteiger partial charge on any atom is 0.222 e. The van der Waals surface area contributed by atoms with Crippen molar-refractivity contribution in [3.8, 4) is 11.5 Å². The molecule has 4 rings (SSSR count). The van der Waals surface area contributed by atoms with Crippen LogP contribution in [0.25, 0.3) is 0 Å². The van der Waals surface area contributed by atoms with Gasteiger partial charge in [0.15, 0.2) is 0 Å². The fraction of sp³-hybridized carbons (Fsp3) is 0.481. The highest BCUT2D eigenvalue weighted by atomic mass is 16.5. The molecule has 2 aromatic rings. The predicted molar refractivity (Wildman–Crippen MR) is 130 cm³/mol. The van der Waals surface area contributed by atoms with E-state index >= 15 is 0 Å². The summed E-state index contributed by atoms with van der Waals surface area (Å²) >= 11 is 0. The summed E-state index contributed by atoms with van der Waals surface area (Å²) in [4.78, 5) is 26.8. The molecule has 2 saturated heterocycles. The number of nitrogens with zero attached hydrogens (tertiary/aromatic N) is 1. The van der Waals surface area contributed by atoms with Crippen molar-refractivity contribution in [1.29, 1.82) is 0 Å². The van der Waals surface area contributed by atoms with Crippen LogP contribution in [0.15, 0.2) is 54.6 Å². The molecule has 2 fully saturated rings. The Balaban J connectivity index is 1.25. The van der Waals surface area contributed by atoms with E-state index in [9.17, 15) is 14.7 Å². The SMILES string of the molecule is CCC(=O)N1C[C@H](O)COC[C@H]2O[C@@H](CC(=O)NCc3ccc(Oc4ccccc4)cc3)CC[C@@H]21. The number of rotatable bonds is 7. The number of ether oxygens (including phenoxy) is 3. The highest BCUT2D eigenvalue weighted by molar-refractivity contribution is 5.77. The van der Waals surface area contributed by atoms with Crippen LogP contribution in [0.5, 0.6) is 11.5 Å². The monoisotopic (exact) mass is 482 g/mol. The number of carbonyl (C=O) groups is 2. The molecule has 2 N–H and O–H groups in total. The van der Waals surface area contributed by atoms with Gasteiger partial charge in [0, 0.05) is 19.5 Å². The summed E-state index contributed by atoms with van der Waals surface area (Å²) in [6.45, 7) is 2.95. The number of aliphatic hydroxyl groups is 1. The molecule has 0 aromatic heterocycles. The average molecular weight is 483 g/mol. The van der Waals surface area contributed by atoms with Gasteiger partial charge in [0.2, 0.25) is 11.8 Å². The minimum atomic E-state index is -0.700. The summed E-state index contributed by atoms with van der Waals surface area (Å²) in [5, 5.41) is 13.1. The van der Waals surface area contributed by atoms with Crippen LogP contribution in [0, 0.1) is 0 Å². The predicted octanol–water partition coefficient (Wildman–Crippen LogP) is 3.03. The molecule has 0 aliphatic carbocycles. The van der Waals surface area contributed by atoms with Crippen LogP contribution >= 0.6 is 0 Å². The Morgan fingerprint density at radius 3 is 2.54 bits per heavy atom. The van der Waals surface area contributed by atoms with Crippen molar-refractivity contribution in [2.24, 2.45) is 0 Å². The van der Waals surface area contributed by atoms with Crippen molar-refractivity contribution < 1.29 is 28.9 Å². The van der Waals surface area contributed by atoms with E-state index < -0.39 is 6.10 Å². The van der Waals surface area contributed by atoms with Crippen LogP contribution in [-0.2, 0) is 25.6 Å². The van der Waals surface area contributed by atoms with E-state index in [0.717, 1.165) is 17.1 Å². The Kier molecular flexibility index (Phi) is 8.74. The molecule has 0 bridgehead atoms. The van der Waals surface area contributed by atoms with Gasteiger partial charge in [0.1, 0.15) is 17.6 Å². The molecule has 0 saturated carbocycles. The molecule has 188 valence electrons. The molecule has 8 heteroatoms. The first-order valence-corrected chi connectivity index (χ1v) is 12.3. The van der Waals surface area contributed by atoms with E-state index in [1.807, 2.05) is 61.5 Å². The van der Waals surface area contributed by atoms with Crippen LogP contribution < -0.4 is 10.1 Å². The second-order valence-corrected chi connectivity index (χ2v) is 9.07. The molecule has 2 aromatic carbocycles. The van der Waals surface area contributed by atoms with Crippen molar-refractivity contribution in [2.75, 3.05) is 19.8 Å². The topological polar surface area (TPSA) is 97.3 Å². The van der Waals surface area contributed by atoms with Gasteiger partial charge in [0.25, 0.3) is 0 Å². The van der Waals surface area contributed by atoms with Crippen LogP contribution in [0.4, 0.5) is 0 Å². The van der Waals surface area contributed by atoms with Crippen LogP contribution in [0.1, 0.15) is 38.2 Å². The number of hydrogen-bond acceptors (Lipinski definition) is 6. The van der Waals surface area contributed by atoms with Crippen molar-refractivity contribution in [3.63, 3.8) is 0 Å². The molecule has 2 amide bonds. The molecule has 0 spiro atoms. The Bertz CT molecular complexity index is 967. The lowest BCUT2D eigenvalue weighted by Crippen LogP contribution is -2.57. The lowest BCUT2D eigenvalue weighted by atomic mass is 9.94. The number of β-amino-alcohol motifs (C(OH)–C–C–N with tert-alkyl or cyclic N) is 1. The lowest BCUT2D eigenvalue weighted by molar-refractivity contribution is -0.169. The van der Waals surface area contributed by atoms with Crippen molar-refractivity contribution in [1.82, 2.24) is 10.2 Å². The standard InChI is InChI=1S/C27H34N2O6/c1-2-27(32)29-16-20(30)17-33-18-25-24(29)13-12-23(35-25)14-26(31)28-15-19-8-10-22(11-9-19)34-21-6-4-3-5-7-21/h3-11,20,23-25,30H,2,12-18H2,1H3,(H,28,31)/t20-,23+,24-,25+/m0/s1. The van der Waals surface area contributed by atoms with E-state index in [1.165, 1.54) is 0 Å². The summed E-state index contributed by atoms with van der Waals surface area (Å²) in [7, 11) is 0. The Hall–Kier alpha value is -2.94. The van der Waals surface area contributed by atoms with E-state index in [-0.39, 0.29) is 49.6 Å². The van der Waals surface area contributed by atoms with Crippen LogP contribution in [-0.4, -0.2) is 65.9 Å². The highest BCUT2D eigenvalue weighted by Gasteiger charge is 2.39. The van der Waals surface area contributed by atoms with Gasteiger partial charge >= 0.3 is 0 Å². The van der Waals surface area contributed by atoms with Crippen molar-refractivity contribution >= 4 is 11.8 Å². The Labute approximate surface area is 206 Å². The zero-order valence-corrected chi connectivity index (χ0v) is 20.1. The molecule has 35 heavy (non-hydrogen) atoms. The van der Waals surface area contributed by atoms with Crippen LogP contribution in [0.3, 0.4) is 0 Å². The average Bonchev–Trinajstić information content (AvgIpc) is 2.86. The highest BCUT2D eigenvalue weighted by Crippen LogP contribution is 2.28. The maximum absolute atomic E-state index is 12.6. The minimum absolute atomic E-state index is 0.000861. The van der Waals surface area contributed by atoms with E-state index in [1.54, 1.807) is 4.90 Å². The molecule has 0 radical (unpaired) electrons. The van der Waals surface area contributed by atoms with Gasteiger partial charge in [-0.15, -0.1) is 0 Å². The van der Waals surface area contributed by atoms with Gasteiger partial charge in [-0.1, -0.05) is 37.3 Å². The summed E-state index contributed by atoms with van der Waals surface area (Å²) in [6.07, 6.45) is 0.780. The van der Waals surface area contributed by atoms with Crippen molar-refractivity contribution in [2.45, 2.75) is 63.5 Å². The van der Waals surface area contributed by atoms with Gasteiger partial charge in [-0.3, -0.25) is 9.59 Å². The first kappa shape index (κ1) is 25.2. The molecule has 2 heterocycles. The first-order chi connectivity index (χ1) is 17.0. The second-order valence-electron chi connectivity index (χ2n) is 9.07. The number of fused-ring (bicyclic) bond motifs is 1. The number of hydrogen-bond donors (Lipinski definition) is 2. The number of aliphatic hydroxyl groups excluding tert-OH is 1. The first-order valence-electron chi connectivity index (χ1n) is 12.3. The van der Waals surface area contributed by atoms with Gasteiger partial charge in [0.05, 0.1) is 37.9 Å². The Morgan fingerprint density at radius 1 is 1.06 bits per heavy atom. The van der Waals surface area contributed by atoms with E-state index in [2.05, 4.69) is 5.32 Å². The summed E-state index contributed by atoms with van der Waals surface area (Å²) in [5.41, 5.74) is 0.976. The lowest BCUT2D eigenvalue weighted by Gasteiger charge is -2.44. The minimum Gasteiger partial charge on any atom is -0.457 e. The molecular weight excluding hydrogens is 448 g/mol. The van der Waals surface area contributed by atoms with Crippen molar-refractivity contribution in [3.05, 3.63) is 60.2 Å². The molecule has 2 aliphatic rings. The third kappa shape index (κ3) is 7.04. The van der Waals surface area contributed by atoms with E-state index in [4.69, 9.17) is 14.2 Å². The summed E-state index contributed by atoms with van der Waals surface area (Å²) < 4.78 is 17.6. The van der Waals surface area contributed by atoms with Gasteiger partial charge < -0.3 is 29.5 Å². The second kappa shape index (κ2) is 12.2. The number of benzene rings is 2. The summed E-state index contributed by atoms with van der Waals surface area (Å²) in [5.74, 6) is 1.43. The van der Waals surface area contributed by atoms with Gasteiger partial charge in [-0.05, 0) is 42.7 Å². The smallest absolute Gasteiger partial charge is 0.222 e. The number of para-hydroxylation sites is 1. The van der Waals surface area contributed by atoms with E-state index in [0.29, 0.717) is 32.4 Å². The van der Waals surface area contributed by atoms with Gasteiger partial charge in [-0.25, -0.2) is 0 Å². The Morgan fingerprint density at radius 2 is 1.80 bits per heavy atom. The maximum atomic E-state index is 12.6. The zero-order valence-electron chi connectivity index (χ0n) is 20.1. The molecule has 4 atom stereocenters. The molecule has 8 nitrogen and oxygen atoms in total. The number of amides is 2. The molecular formula is C27H34N2O6. The molecule has 0 unspecified atom stereocenters. The zero-order chi connectivity index (χ0) is 24.6. The van der Waals surface area contributed by atoms with Gasteiger partial charge in [-0.2, -0.15) is 0 Å². The largest absolute Gasteiger partial charge is 0.457 e. The normalized spacial score (nSPS) is 24.6. The number of nitrogens with one attached hydrogen (secondary N) is 1.